The van der Waals surface area contributed by atoms with Gasteiger partial charge in [-0.25, -0.2) is 4.79 Å². The van der Waals surface area contributed by atoms with E-state index in [1.165, 1.54) is 5.56 Å². The molecule has 0 radical (unpaired) electrons. The van der Waals surface area contributed by atoms with Gasteiger partial charge in [0.2, 0.25) is 0 Å². The van der Waals surface area contributed by atoms with Gasteiger partial charge in [0.25, 0.3) is 0 Å². The number of hydrogen-bond acceptors (Lipinski definition) is 3. The van der Waals surface area contributed by atoms with Crippen molar-refractivity contribution < 1.29 is 24.5 Å². The Morgan fingerprint density at radius 1 is 1.00 bits per heavy atom. The Kier molecular flexibility index (Phi) is 8.18. The number of para-hydroxylation sites is 1. The highest BCUT2D eigenvalue weighted by Gasteiger charge is 2.52. The van der Waals surface area contributed by atoms with Crippen molar-refractivity contribution in [3.8, 4) is 17.6 Å². The predicted octanol–water partition coefficient (Wildman–Crippen LogP) is 8.08. The van der Waals surface area contributed by atoms with E-state index >= 15 is 0 Å². The number of ether oxygens (including phenoxy) is 1. The topological polar surface area (TPSA) is 88.8 Å². The fourth-order valence-electron chi connectivity index (χ4n) is 6.99. The first-order chi connectivity index (χ1) is 21.2. The number of aliphatic carboxylic acids is 2. The third-order valence-corrected chi connectivity index (χ3v) is 9.83. The number of carbonyl (C=O) groups is 2. The van der Waals surface area contributed by atoms with Crippen LogP contribution in [0.25, 0.3) is 10.9 Å². The number of nitrogens with zero attached hydrogens (tertiary/aromatic N) is 1. The van der Waals surface area contributed by atoms with Gasteiger partial charge >= 0.3 is 11.9 Å². The average molecular weight is 610 g/mol. The molecule has 4 aromatic rings. The lowest BCUT2D eigenvalue weighted by atomic mass is 9.80. The molecule has 1 aromatic heterocycles. The molecule has 1 fully saturated rings. The molecule has 44 heavy (non-hydrogen) atoms. The molecular formula is C37H36ClNO5. The fourth-order valence-corrected chi connectivity index (χ4v) is 7.18. The van der Waals surface area contributed by atoms with E-state index in [1.807, 2.05) is 66.1 Å². The molecule has 0 amide bonds. The van der Waals surface area contributed by atoms with Gasteiger partial charge in [-0.15, -0.1) is 0 Å². The average Bonchev–Trinajstić information content (AvgIpc) is 3.60. The van der Waals surface area contributed by atoms with Crippen molar-refractivity contribution in [2.24, 2.45) is 5.41 Å². The molecule has 1 aliphatic heterocycles. The number of hydrogen-bond donors (Lipinski definition) is 2. The second-order valence-electron chi connectivity index (χ2n) is 12.3. The number of carboxylic acid groups (broad SMARTS) is 2. The van der Waals surface area contributed by atoms with Crippen molar-refractivity contribution in [3.05, 3.63) is 99.2 Å². The summed E-state index contributed by atoms with van der Waals surface area (Å²) in [5.41, 5.74) is 6.55. The van der Waals surface area contributed by atoms with Crippen LogP contribution < -0.4 is 4.74 Å². The maximum Gasteiger partial charge on any atom is 0.327 e. The molecule has 3 aromatic carbocycles. The molecule has 1 saturated carbocycles. The molecule has 1 aliphatic carbocycles. The summed E-state index contributed by atoms with van der Waals surface area (Å²) in [5.74, 6) is 5.39. The lowest BCUT2D eigenvalue weighted by Crippen LogP contribution is -2.26. The maximum absolute atomic E-state index is 12.6. The number of fused-ring (bicyclic) bond motifs is 5. The van der Waals surface area contributed by atoms with E-state index in [9.17, 15) is 19.8 Å². The number of carboxylic acids is 2. The first-order valence-corrected chi connectivity index (χ1v) is 15.6. The van der Waals surface area contributed by atoms with Crippen molar-refractivity contribution in [1.82, 2.24) is 4.57 Å². The summed E-state index contributed by atoms with van der Waals surface area (Å²) < 4.78 is 7.87. The summed E-state index contributed by atoms with van der Waals surface area (Å²) >= 11 is 6.23. The normalized spacial score (nSPS) is 17.7. The van der Waals surface area contributed by atoms with Gasteiger partial charge in [-0.05, 0) is 111 Å². The van der Waals surface area contributed by atoms with Gasteiger partial charge in [0.1, 0.15) is 11.8 Å². The molecule has 6 nitrogen and oxygen atoms in total. The minimum Gasteiger partial charge on any atom is -0.494 e. The summed E-state index contributed by atoms with van der Waals surface area (Å²) in [4.78, 5) is 24.1. The van der Waals surface area contributed by atoms with Crippen LogP contribution in [0.5, 0.6) is 5.75 Å². The van der Waals surface area contributed by atoms with E-state index in [1.54, 1.807) is 0 Å². The van der Waals surface area contributed by atoms with Crippen molar-refractivity contribution in [2.45, 2.75) is 70.8 Å². The summed E-state index contributed by atoms with van der Waals surface area (Å²) in [5, 5.41) is 21.6. The van der Waals surface area contributed by atoms with Crippen LogP contribution in [0.3, 0.4) is 0 Å². The van der Waals surface area contributed by atoms with E-state index in [4.69, 9.17) is 16.3 Å². The van der Waals surface area contributed by atoms with Crippen molar-refractivity contribution in [1.29, 1.82) is 0 Å². The number of halogens is 1. The van der Waals surface area contributed by atoms with Crippen molar-refractivity contribution in [2.75, 3.05) is 6.61 Å². The molecule has 2 N–H and O–H groups in total. The minimum atomic E-state index is -0.890. The zero-order valence-corrected chi connectivity index (χ0v) is 25.8. The molecule has 2 atom stereocenters. The Labute approximate surface area is 262 Å². The highest BCUT2D eigenvalue weighted by atomic mass is 35.5. The van der Waals surface area contributed by atoms with Gasteiger partial charge in [-0.1, -0.05) is 47.7 Å². The smallest absolute Gasteiger partial charge is 0.327 e. The summed E-state index contributed by atoms with van der Waals surface area (Å²) in [6, 6.07) is 18.9. The van der Waals surface area contributed by atoms with E-state index in [-0.39, 0.29) is 17.8 Å². The maximum atomic E-state index is 12.6. The van der Waals surface area contributed by atoms with Crippen LogP contribution in [0.2, 0.25) is 5.02 Å². The number of aromatic nitrogens is 1. The molecule has 226 valence electrons. The summed E-state index contributed by atoms with van der Waals surface area (Å²) in [7, 11) is 0. The zero-order chi connectivity index (χ0) is 31.0. The second-order valence-corrected chi connectivity index (χ2v) is 12.7. The van der Waals surface area contributed by atoms with Crippen LogP contribution in [0.1, 0.15) is 84.0 Å². The standard InChI is InChI=1S/C37H36ClNO5/c1-23-26(8-6-11-31(23)38)7-3-4-20-44-28-16-13-25(14-17-28)12-15-27-9-5-10-29-33-24(2)39(34(27)29)35(36(42)43)30(33)21-37(18-19-37)22-32(40)41/h5-6,8-11,13-14,16-17,30,35H,3-4,7,18-22H2,1-2H3,(H,40,41)(H,42,43). The fraction of sp³-hybridized carbons (Fsp3) is 0.351. The molecule has 2 bridgehead atoms. The summed E-state index contributed by atoms with van der Waals surface area (Å²) in [6.45, 7) is 4.66. The quantitative estimate of drug-likeness (QED) is 0.133. The molecule has 6 rings (SSSR count). The highest BCUT2D eigenvalue weighted by Crippen LogP contribution is 2.60. The third kappa shape index (κ3) is 5.81. The number of aryl methyl sites for hydroxylation is 1. The third-order valence-electron chi connectivity index (χ3n) is 9.42. The van der Waals surface area contributed by atoms with Crippen LogP contribution in [-0.4, -0.2) is 33.3 Å². The Morgan fingerprint density at radius 3 is 2.45 bits per heavy atom. The predicted molar refractivity (Wildman–Crippen MR) is 172 cm³/mol. The van der Waals surface area contributed by atoms with Gasteiger partial charge in [-0.3, -0.25) is 4.79 Å². The van der Waals surface area contributed by atoms with Crippen molar-refractivity contribution >= 4 is 34.4 Å². The van der Waals surface area contributed by atoms with Crippen LogP contribution in [0.4, 0.5) is 0 Å². The van der Waals surface area contributed by atoms with Crippen LogP contribution in [0, 0.1) is 31.1 Å². The lowest BCUT2D eigenvalue weighted by molar-refractivity contribution is -0.141. The molecule has 2 unspecified atom stereocenters. The first kappa shape index (κ1) is 29.8. The SMILES string of the molecule is Cc1c(Cl)cccc1CCCCOc1ccc(C#Cc2cccc3c4c(C)n(c23)C(C(=O)O)C4CC2(CC(=O)O)CC2)cc1. The van der Waals surface area contributed by atoms with Gasteiger partial charge in [0, 0.05) is 33.1 Å². The number of benzene rings is 3. The highest BCUT2D eigenvalue weighted by molar-refractivity contribution is 6.31. The molecule has 2 heterocycles. The van der Waals surface area contributed by atoms with Crippen LogP contribution >= 0.6 is 11.6 Å². The van der Waals surface area contributed by atoms with E-state index < -0.39 is 18.0 Å². The second kappa shape index (κ2) is 12.1. The van der Waals surface area contributed by atoms with Gasteiger partial charge in [0.05, 0.1) is 18.5 Å². The van der Waals surface area contributed by atoms with Crippen molar-refractivity contribution in [3.63, 3.8) is 0 Å². The monoisotopic (exact) mass is 609 g/mol. The first-order valence-electron chi connectivity index (χ1n) is 15.2. The largest absolute Gasteiger partial charge is 0.494 e. The molecule has 7 heteroatoms. The van der Waals surface area contributed by atoms with E-state index in [0.717, 1.165) is 81.7 Å². The van der Waals surface area contributed by atoms with Gasteiger partial charge in [0.15, 0.2) is 0 Å². The number of rotatable bonds is 11. The Morgan fingerprint density at radius 2 is 1.75 bits per heavy atom. The Hall–Kier alpha value is -4.21. The molecular weight excluding hydrogens is 574 g/mol. The van der Waals surface area contributed by atoms with Gasteiger partial charge in [-0.2, -0.15) is 0 Å². The van der Waals surface area contributed by atoms with Crippen LogP contribution in [-0.2, 0) is 16.0 Å². The van der Waals surface area contributed by atoms with Crippen LogP contribution in [0.15, 0.2) is 60.7 Å². The van der Waals surface area contributed by atoms with E-state index in [0.29, 0.717) is 13.0 Å². The summed E-state index contributed by atoms with van der Waals surface area (Å²) in [6.07, 6.45) is 5.27. The lowest BCUT2D eigenvalue weighted by Gasteiger charge is -2.27. The molecule has 2 aliphatic rings. The molecule has 0 saturated heterocycles. The Balaban J connectivity index is 1.14. The minimum absolute atomic E-state index is 0.0913. The van der Waals surface area contributed by atoms with Gasteiger partial charge < -0.3 is 19.5 Å². The zero-order valence-electron chi connectivity index (χ0n) is 25.0. The molecule has 0 spiro atoms. The Bertz CT molecular complexity index is 1810. The number of unbranched alkanes of at least 4 members (excludes halogenated alkanes) is 1. The van der Waals surface area contributed by atoms with E-state index in [2.05, 4.69) is 24.8 Å².